The molecule has 1 fully saturated rings. The first-order valence-electron chi connectivity index (χ1n) is 7.34. The van der Waals surface area contributed by atoms with E-state index in [1.807, 2.05) is 20.8 Å². The van der Waals surface area contributed by atoms with Gasteiger partial charge in [-0.3, -0.25) is 4.79 Å². The van der Waals surface area contributed by atoms with Crippen LogP contribution in [0.15, 0.2) is 0 Å². The number of ether oxygens (including phenoxy) is 2. The normalized spacial score (nSPS) is 20.6. The fraction of sp³-hybridized carbons (Fsp3) is 0.929. The summed E-state index contributed by atoms with van der Waals surface area (Å²) in [6, 6.07) is 0. The molecule has 1 saturated heterocycles. The molecule has 1 heterocycles. The van der Waals surface area contributed by atoms with Crippen LogP contribution in [0.2, 0.25) is 0 Å². The summed E-state index contributed by atoms with van der Waals surface area (Å²) in [4.78, 5) is 14.4. The van der Waals surface area contributed by atoms with E-state index in [-0.39, 0.29) is 5.97 Å². The van der Waals surface area contributed by atoms with Gasteiger partial charge in [0.2, 0.25) is 0 Å². The smallest absolute Gasteiger partial charge is 0.326 e. The summed E-state index contributed by atoms with van der Waals surface area (Å²) < 4.78 is 10.6. The van der Waals surface area contributed by atoms with Crippen molar-refractivity contribution in [3.05, 3.63) is 0 Å². The Hall–Kier alpha value is -0.650. The maximum absolute atomic E-state index is 12.1. The Morgan fingerprint density at radius 3 is 2.84 bits per heavy atom. The number of nitrogens with one attached hydrogen (secondary N) is 1. The minimum absolute atomic E-state index is 0.150. The van der Waals surface area contributed by atoms with Crippen LogP contribution in [0.3, 0.4) is 0 Å². The minimum atomic E-state index is -0.585. The summed E-state index contributed by atoms with van der Waals surface area (Å²) in [5.41, 5.74) is -0.585. The van der Waals surface area contributed by atoms with Crippen LogP contribution in [-0.2, 0) is 14.3 Å². The van der Waals surface area contributed by atoms with E-state index in [0.29, 0.717) is 6.61 Å². The van der Waals surface area contributed by atoms with Crippen LogP contribution in [0.5, 0.6) is 0 Å². The second kappa shape index (κ2) is 8.51. The maximum Gasteiger partial charge on any atom is 0.326 e. The topological polar surface area (TPSA) is 50.8 Å². The summed E-state index contributed by atoms with van der Waals surface area (Å²) in [6.45, 7) is 11.5. The van der Waals surface area contributed by atoms with Gasteiger partial charge in [-0.1, -0.05) is 6.92 Å². The fourth-order valence-corrected chi connectivity index (χ4v) is 2.35. The molecular weight excluding hydrogens is 244 g/mol. The number of likely N-dealkylation sites (N-methyl/N-ethyl adjacent to an activating group) is 1. The minimum Gasteiger partial charge on any atom is -0.465 e. The van der Waals surface area contributed by atoms with E-state index in [1.54, 1.807) is 0 Å². The van der Waals surface area contributed by atoms with Crippen molar-refractivity contribution >= 4 is 5.97 Å². The SMILES string of the molecule is CCNC(C)(CCN1CCCOCC1)C(=O)OCC. The molecular formula is C14H28N2O3. The predicted molar refractivity (Wildman–Crippen MR) is 75.2 cm³/mol. The maximum atomic E-state index is 12.1. The third-order valence-electron chi connectivity index (χ3n) is 3.54. The van der Waals surface area contributed by atoms with Crippen molar-refractivity contribution in [1.29, 1.82) is 0 Å². The molecule has 0 radical (unpaired) electrons. The first-order valence-corrected chi connectivity index (χ1v) is 7.34. The van der Waals surface area contributed by atoms with Crippen molar-refractivity contribution < 1.29 is 14.3 Å². The zero-order valence-electron chi connectivity index (χ0n) is 12.5. The lowest BCUT2D eigenvalue weighted by Crippen LogP contribution is -2.52. The molecule has 1 aliphatic heterocycles. The number of rotatable bonds is 7. The van der Waals surface area contributed by atoms with Crippen molar-refractivity contribution in [3.8, 4) is 0 Å². The predicted octanol–water partition coefficient (Wildman–Crippen LogP) is 1.03. The van der Waals surface area contributed by atoms with E-state index in [4.69, 9.17) is 9.47 Å². The summed E-state index contributed by atoms with van der Waals surface area (Å²) in [6.07, 6.45) is 1.83. The Labute approximate surface area is 116 Å². The van der Waals surface area contributed by atoms with Gasteiger partial charge in [-0.25, -0.2) is 0 Å². The summed E-state index contributed by atoms with van der Waals surface area (Å²) in [7, 11) is 0. The first-order chi connectivity index (χ1) is 9.12. The van der Waals surface area contributed by atoms with Crippen LogP contribution in [0, 0.1) is 0 Å². The molecule has 0 aromatic rings. The Kier molecular flexibility index (Phi) is 7.34. The number of nitrogens with zero attached hydrogens (tertiary/aromatic N) is 1. The number of carbonyl (C=O) groups is 1. The van der Waals surface area contributed by atoms with Gasteiger partial charge in [-0.15, -0.1) is 0 Å². The molecule has 0 aromatic heterocycles. The lowest BCUT2D eigenvalue weighted by Gasteiger charge is -2.30. The Morgan fingerprint density at radius 1 is 1.37 bits per heavy atom. The number of hydrogen-bond acceptors (Lipinski definition) is 5. The van der Waals surface area contributed by atoms with Gasteiger partial charge >= 0.3 is 5.97 Å². The van der Waals surface area contributed by atoms with Gasteiger partial charge < -0.3 is 19.7 Å². The Bertz CT molecular complexity index is 265. The second-order valence-corrected chi connectivity index (χ2v) is 5.14. The van der Waals surface area contributed by atoms with E-state index in [0.717, 1.165) is 52.2 Å². The highest BCUT2D eigenvalue weighted by atomic mass is 16.5. The Morgan fingerprint density at radius 2 is 2.16 bits per heavy atom. The van der Waals surface area contributed by atoms with Gasteiger partial charge in [0.25, 0.3) is 0 Å². The highest BCUT2D eigenvalue weighted by Crippen LogP contribution is 2.14. The van der Waals surface area contributed by atoms with E-state index >= 15 is 0 Å². The molecule has 0 aromatic carbocycles. The highest BCUT2D eigenvalue weighted by molar-refractivity contribution is 5.80. The van der Waals surface area contributed by atoms with Crippen molar-refractivity contribution in [2.24, 2.45) is 0 Å². The second-order valence-electron chi connectivity index (χ2n) is 5.14. The molecule has 5 nitrogen and oxygen atoms in total. The lowest BCUT2D eigenvalue weighted by atomic mass is 9.97. The zero-order valence-corrected chi connectivity index (χ0v) is 12.5. The standard InChI is InChI=1S/C14H28N2O3/c1-4-15-14(3,13(17)19-5-2)7-9-16-8-6-11-18-12-10-16/h15H,4-12H2,1-3H3. The fourth-order valence-electron chi connectivity index (χ4n) is 2.35. The molecule has 1 atom stereocenters. The van der Waals surface area contributed by atoms with Crippen LogP contribution in [0.25, 0.3) is 0 Å². The molecule has 0 aliphatic carbocycles. The van der Waals surface area contributed by atoms with Gasteiger partial charge in [-0.2, -0.15) is 0 Å². The average Bonchev–Trinajstić information content (AvgIpc) is 2.65. The van der Waals surface area contributed by atoms with Gasteiger partial charge in [0, 0.05) is 26.2 Å². The zero-order chi connectivity index (χ0) is 14.1. The van der Waals surface area contributed by atoms with Gasteiger partial charge in [0.05, 0.1) is 13.2 Å². The third-order valence-corrected chi connectivity index (χ3v) is 3.54. The van der Waals surface area contributed by atoms with Gasteiger partial charge in [0.15, 0.2) is 0 Å². The molecule has 19 heavy (non-hydrogen) atoms. The van der Waals surface area contributed by atoms with Crippen LogP contribution in [0.1, 0.15) is 33.6 Å². The average molecular weight is 272 g/mol. The van der Waals surface area contributed by atoms with E-state index in [1.165, 1.54) is 0 Å². The van der Waals surface area contributed by atoms with Crippen molar-refractivity contribution in [3.63, 3.8) is 0 Å². The first kappa shape index (κ1) is 16.4. The summed E-state index contributed by atoms with van der Waals surface area (Å²) in [5, 5.41) is 3.27. The summed E-state index contributed by atoms with van der Waals surface area (Å²) >= 11 is 0. The van der Waals surface area contributed by atoms with Crippen LogP contribution < -0.4 is 5.32 Å². The number of carbonyl (C=O) groups excluding carboxylic acids is 1. The molecule has 1 unspecified atom stereocenters. The van der Waals surface area contributed by atoms with Crippen molar-refractivity contribution in [2.75, 3.05) is 46.0 Å². The van der Waals surface area contributed by atoms with Crippen LogP contribution in [0.4, 0.5) is 0 Å². The van der Waals surface area contributed by atoms with E-state index in [2.05, 4.69) is 10.2 Å². The van der Waals surface area contributed by atoms with E-state index < -0.39 is 5.54 Å². The lowest BCUT2D eigenvalue weighted by molar-refractivity contribution is -0.151. The monoisotopic (exact) mass is 272 g/mol. The van der Waals surface area contributed by atoms with Crippen molar-refractivity contribution in [1.82, 2.24) is 10.2 Å². The quantitative estimate of drug-likeness (QED) is 0.702. The molecule has 0 saturated carbocycles. The molecule has 1 N–H and O–H groups in total. The Balaban J connectivity index is 2.49. The molecule has 112 valence electrons. The van der Waals surface area contributed by atoms with Crippen LogP contribution >= 0.6 is 0 Å². The highest BCUT2D eigenvalue weighted by Gasteiger charge is 2.33. The molecule has 0 spiro atoms. The van der Waals surface area contributed by atoms with E-state index in [9.17, 15) is 4.79 Å². The number of esters is 1. The molecule has 5 heteroatoms. The largest absolute Gasteiger partial charge is 0.465 e. The molecule has 1 aliphatic rings. The summed E-state index contributed by atoms with van der Waals surface area (Å²) in [5.74, 6) is -0.150. The van der Waals surface area contributed by atoms with Crippen LogP contribution in [-0.4, -0.2) is 62.4 Å². The molecule has 0 amide bonds. The number of hydrogen-bond donors (Lipinski definition) is 1. The molecule has 0 bridgehead atoms. The third kappa shape index (κ3) is 5.47. The van der Waals surface area contributed by atoms with Crippen molar-refractivity contribution in [2.45, 2.75) is 39.2 Å². The van der Waals surface area contributed by atoms with Gasteiger partial charge in [0.1, 0.15) is 5.54 Å². The van der Waals surface area contributed by atoms with Gasteiger partial charge in [-0.05, 0) is 33.2 Å². The molecule has 1 rings (SSSR count).